The van der Waals surface area contributed by atoms with Gasteiger partial charge in [-0.15, -0.1) is 0 Å². The second-order valence-electron chi connectivity index (χ2n) is 7.26. The highest BCUT2D eigenvalue weighted by molar-refractivity contribution is 5.94. The van der Waals surface area contributed by atoms with E-state index in [9.17, 15) is 19.7 Å². The Labute approximate surface area is 191 Å². The molecule has 170 valence electrons. The normalized spacial score (nSPS) is 10.4. The van der Waals surface area contributed by atoms with E-state index >= 15 is 0 Å². The molecule has 0 heterocycles. The number of nitro groups is 1. The fraction of sp³-hybridized carbons (Fsp3) is 0.200. The number of hydrogen-bond acceptors (Lipinski definition) is 6. The van der Waals surface area contributed by atoms with Gasteiger partial charge in [-0.05, 0) is 35.7 Å². The van der Waals surface area contributed by atoms with Gasteiger partial charge in [-0.3, -0.25) is 19.7 Å². The van der Waals surface area contributed by atoms with Crippen molar-refractivity contribution in [3.63, 3.8) is 0 Å². The lowest BCUT2D eigenvalue weighted by Gasteiger charge is -2.24. The second kappa shape index (κ2) is 10.9. The number of methoxy groups -OCH3 is 2. The molecule has 3 aromatic rings. The van der Waals surface area contributed by atoms with Crippen LogP contribution in [0.5, 0.6) is 11.5 Å². The zero-order valence-electron chi connectivity index (χ0n) is 18.4. The molecule has 0 spiro atoms. The molecule has 8 heteroatoms. The highest BCUT2D eigenvalue weighted by Gasteiger charge is 2.19. The molecular weight excluding hydrogens is 424 g/mol. The van der Waals surface area contributed by atoms with Crippen LogP contribution in [-0.4, -0.2) is 42.8 Å². The van der Waals surface area contributed by atoms with Crippen molar-refractivity contribution in [1.29, 1.82) is 0 Å². The zero-order valence-corrected chi connectivity index (χ0v) is 18.4. The summed E-state index contributed by atoms with van der Waals surface area (Å²) in [5.74, 6) is 0.620. The van der Waals surface area contributed by atoms with Crippen LogP contribution < -0.4 is 9.47 Å². The molecule has 0 unspecified atom stereocenters. The van der Waals surface area contributed by atoms with Crippen LogP contribution in [0, 0.1) is 10.1 Å². The first-order chi connectivity index (χ1) is 16.0. The van der Waals surface area contributed by atoms with Gasteiger partial charge in [-0.25, -0.2) is 0 Å². The van der Waals surface area contributed by atoms with Crippen LogP contribution in [0.2, 0.25) is 0 Å². The summed E-state index contributed by atoms with van der Waals surface area (Å²) in [4.78, 5) is 37.1. The van der Waals surface area contributed by atoms with Gasteiger partial charge in [0.25, 0.3) is 11.6 Å². The summed E-state index contributed by atoms with van der Waals surface area (Å²) in [6.45, 7) is 0.580. The van der Waals surface area contributed by atoms with Gasteiger partial charge < -0.3 is 14.4 Å². The van der Waals surface area contributed by atoms with Crippen LogP contribution in [-0.2, 0) is 13.0 Å². The largest absolute Gasteiger partial charge is 0.493 e. The van der Waals surface area contributed by atoms with Crippen molar-refractivity contribution in [1.82, 2.24) is 4.90 Å². The summed E-state index contributed by atoms with van der Waals surface area (Å²) in [5.41, 5.74) is 2.37. The van der Waals surface area contributed by atoms with Gasteiger partial charge in [-0.2, -0.15) is 0 Å². The lowest BCUT2D eigenvalue weighted by Crippen LogP contribution is -2.32. The number of rotatable bonds is 10. The second-order valence-corrected chi connectivity index (χ2v) is 7.26. The van der Waals surface area contributed by atoms with Gasteiger partial charge >= 0.3 is 0 Å². The fourth-order valence-electron chi connectivity index (χ4n) is 3.55. The van der Waals surface area contributed by atoms with Crippen molar-refractivity contribution in [2.75, 3.05) is 20.8 Å². The molecule has 0 saturated heterocycles. The van der Waals surface area contributed by atoms with Crippen LogP contribution in [0.25, 0.3) is 0 Å². The van der Waals surface area contributed by atoms with E-state index in [2.05, 4.69) is 0 Å². The Morgan fingerprint density at radius 1 is 1.00 bits per heavy atom. The predicted molar refractivity (Wildman–Crippen MR) is 123 cm³/mol. The van der Waals surface area contributed by atoms with E-state index in [4.69, 9.17) is 9.47 Å². The minimum absolute atomic E-state index is 0.0133. The Morgan fingerprint density at radius 2 is 1.70 bits per heavy atom. The number of ether oxygens (including phenoxy) is 2. The van der Waals surface area contributed by atoms with Gasteiger partial charge in [0.05, 0.1) is 24.7 Å². The average molecular weight is 448 g/mol. The van der Waals surface area contributed by atoms with Crippen LogP contribution in [0.4, 0.5) is 5.69 Å². The minimum Gasteiger partial charge on any atom is -0.493 e. The van der Waals surface area contributed by atoms with Gasteiger partial charge in [0.2, 0.25) is 0 Å². The average Bonchev–Trinajstić information content (AvgIpc) is 2.86. The molecule has 0 radical (unpaired) electrons. The van der Waals surface area contributed by atoms with E-state index in [1.165, 1.54) is 26.4 Å². The molecule has 0 fully saturated rings. The topological polar surface area (TPSA) is 99.0 Å². The third kappa shape index (κ3) is 5.54. The Hall–Kier alpha value is -4.20. The molecule has 0 atom stereocenters. The number of benzene rings is 3. The van der Waals surface area contributed by atoms with Crippen molar-refractivity contribution in [2.24, 2.45) is 0 Å². The molecule has 1 amide bonds. The van der Waals surface area contributed by atoms with Crippen molar-refractivity contribution in [2.45, 2.75) is 13.0 Å². The quantitative estimate of drug-likeness (QED) is 0.260. The minimum atomic E-state index is -0.464. The third-order valence-electron chi connectivity index (χ3n) is 5.27. The summed E-state index contributed by atoms with van der Waals surface area (Å²) in [6, 6.07) is 18.5. The Balaban J connectivity index is 1.88. The van der Waals surface area contributed by atoms with E-state index in [1.54, 1.807) is 53.4 Å². The van der Waals surface area contributed by atoms with Gasteiger partial charge in [0, 0.05) is 30.8 Å². The lowest BCUT2D eigenvalue weighted by molar-refractivity contribution is -0.384. The number of carbonyl (C=O) groups is 2. The number of nitro benzene ring substituents is 1. The number of carbonyl (C=O) groups excluding carboxylic acids is 2. The summed E-state index contributed by atoms with van der Waals surface area (Å²) in [6.07, 6.45) is 1.12. The van der Waals surface area contributed by atoms with Gasteiger partial charge in [0.15, 0.2) is 17.8 Å². The Kier molecular flexibility index (Phi) is 7.75. The first-order valence-corrected chi connectivity index (χ1v) is 10.2. The summed E-state index contributed by atoms with van der Waals surface area (Å²) < 4.78 is 10.6. The molecule has 0 aliphatic carbocycles. The van der Waals surface area contributed by atoms with E-state index in [0.717, 1.165) is 17.4 Å². The molecule has 33 heavy (non-hydrogen) atoms. The number of aldehydes is 1. The number of nitrogens with zero attached hydrogens (tertiary/aromatic N) is 2. The smallest absolute Gasteiger partial charge is 0.269 e. The zero-order chi connectivity index (χ0) is 23.8. The number of hydrogen-bond donors (Lipinski definition) is 0. The highest BCUT2D eigenvalue weighted by Crippen LogP contribution is 2.32. The molecule has 0 aliphatic heterocycles. The van der Waals surface area contributed by atoms with Crippen LogP contribution in [0.3, 0.4) is 0 Å². The summed E-state index contributed by atoms with van der Waals surface area (Å²) in [5, 5.41) is 10.9. The number of amides is 1. The van der Waals surface area contributed by atoms with Crippen molar-refractivity contribution in [3.05, 3.63) is 99.1 Å². The lowest BCUT2D eigenvalue weighted by atomic mass is 10.0. The summed E-state index contributed by atoms with van der Waals surface area (Å²) in [7, 11) is 2.96. The maximum Gasteiger partial charge on any atom is 0.269 e. The molecule has 3 rings (SSSR count). The molecule has 8 nitrogen and oxygen atoms in total. The standard InChI is InChI=1S/C25H24N2O6/c1-32-23-13-10-19(22(17-28)24(23)33-2)14-15-26(25(29)20-6-4-3-5-7-20)16-18-8-11-21(12-9-18)27(30)31/h3-13,17H,14-16H2,1-2H3. The monoisotopic (exact) mass is 448 g/mol. The molecule has 0 aliphatic rings. The van der Waals surface area contributed by atoms with Crippen molar-refractivity contribution in [3.8, 4) is 11.5 Å². The van der Waals surface area contributed by atoms with Crippen molar-refractivity contribution < 1.29 is 24.0 Å². The van der Waals surface area contributed by atoms with E-state index in [1.807, 2.05) is 6.07 Å². The third-order valence-corrected chi connectivity index (χ3v) is 5.27. The van der Waals surface area contributed by atoms with Gasteiger partial charge in [-0.1, -0.05) is 36.4 Å². The molecule has 0 aromatic heterocycles. The predicted octanol–water partition coefficient (Wildman–Crippen LogP) is 4.31. The van der Waals surface area contributed by atoms with E-state index in [-0.39, 0.29) is 18.1 Å². The Morgan fingerprint density at radius 3 is 2.27 bits per heavy atom. The Bertz CT molecular complexity index is 1130. The maximum atomic E-state index is 13.2. The van der Waals surface area contributed by atoms with Crippen molar-refractivity contribution >= 4 is 17.9 Å². The fourth-order valence-corrected chi connectivity index (χ4v) is 3.55. The maximum absolute atomic E-state index is 13.2. The summed E-state index contributed by atoms with van der Waals surface area (Å²) >= 11 is 0. The first kappa shape index (κ1) is 23.5. The van der Waals surface area contributed by atoms with E-state index < -0.39 is 4.92 Å². The molecule has 0 bridgehead atoms. The molecule has 0 N–H and O–H groups in total. The van der Waals surface area contributed by atoms with Crippen LogP contribution in [0.15, 0.2) is 66.7 Å². The SMILES string of the molecule is COc1ccc(CCN(Cc2ccc([N+](=O)[O-])cc2)C(=O)c2ccccc2)c(C=O)c1OC. The first-order valence-electron chi connectivity index (χ1n) is 10.2. The molecule has 0 saturated carbocycles. The molecular formula is C25H24N2O6. The van der Waals surface area contributed by atoms with E-state index in [0.29, 0.717) is 35.6 Å². The molecule has 3 aromatic carbocycles. The van der Waals surface area contributed by atoms with Crippen LogP contribution in [0.1, 0.15) is 31.8 Å². The van der Waals surface area contributed by atoms with Crippen LogP contribution >= 0.6 is 0 Å². The number of non-ortho nitro benzene ring substituents is 1. The van der Waals surface area contributed by atoms with Gasteiger partial charge in [0.1, 0.15) is 0 Å². The highest BCUT2D eigenvalue weighted by atomic mass is 16.6.